The highest BCUT2D eigenvalue weighted by Gasteiger charge is 2.27. The Labute approximate surface area is 150 Å². The number of piperazine rings is 1. The molecule has 1 saturated heterocycles. The Hall–Kier alpha value is -2.45. The van der Waals surface area contributed by atoms with Gasteiger partial charge in [0.1, 0.15) is 26.2 Å². The highest BCUT2D eigenvalue weighted by Crippen LogP contribution is 2.07. The van der Waals surface area contributed by atoms with Gasteiger partial charge in [-0.1, -0.05) is 12.1 Å². The molecule has 132 valence electrons. The van der Waals surface area contributed by atoms with Crippen molar-refractivity contribution < 1.29 is 19.5 Å². The third-order valence-corrected chi connectivity index (χ3v) is 5.05. The first-order valence-corrected chi connectivity index (χ1v) is 9.24. The van der Waals surface area contributed by atoms with Gasteiger partial charge in [-0.3, -0.25) is 15.0 Å². The molecule has 3 rings (SSSR count). The van der Waals surface area contributed by atoms with Crippen molar-refractivity contribution in [2.75, 3.05) is 37.6 Å². The summed E-state index contributed by atoms with van der Waals surface area (Å²) in [6, 6.07) is 9.46. The van der Waals surface area contributed by atoms with Crippen LogP contribution in [0, 0.1) is 0 Å². The molecule has 4 N–H and O–H groups in total. The van der Waals surface area contributed by atoms with Crippen molar-refractivity contribution in [1.29, 1.82) is 0 Å². The molecule has 8 heteroatoms. The van der Waals surface area contributed by atoms with E-state index >= 15 is 0 Å². The van der Waals surface area contributed by atoms with Crippen LogP contribution in [0.4, 0.5) is 10.6 Å². The number of imide groups is 1. The molecule has 1 aliphatic heterocycles. The van der Waals surface area contributed by atoms with Gasteiger partial charge in [-0.05, 0) is 17.5 Å². The second kappa shape index (κ2) is 8.59. The summed E-state index contributed by atoms with van der Waals surface area (Å²) in [7, 11) is 0. The molecule has 0 radical (unpaired) electrons. The molecule has 0 unspecified atom stereocenters. The molecule has 0 atom stereocenters. The molecule has 3 amide bonds. The van der Waals surface area contributed by atoms with E-state index in [2.05, 4.69) is 26.6 Å². The number of nitrogens with zero attached hydrogens (tertiary/aromatic N) is 1. The fraction of sp³-hybridized carbons (Fsp3) is 0.353. The van der Waals surface area contributed by atoms with Crippen molar-refractivity contribution in [2.45, 2.75) is 6.54 Å². The van der Waals surface area contributed by atoms with Crippen LogP contribution in [-0.4, -0.2) is 44.7 Å². The summed E-state index contributed by atoms with van der Waals surface area (Å²) >= 11 is 1.57. The van der Waals surface area contributed by atoms with Crippen molar-refractivity contribution in [3.8, 4) is 0 Å². The molecular formula is C17H23N5O2S+2. The predicted octanol–water partition coefficient (Wildman–Crippen LogP) is -0.707. The predicted molar refractivity (Wildman–Crippen MR) is 95.5 cm³/mol. The number of hydrogen-bond acceptors (Lipinski definition) is 4. The molecule has 3 heterocycles. The number of quaternary nitrogens is 1. The number of aromatic nitrogens is 1. The van der Waals surface area contributed by atoms with Crippen molar-refractivity contribution in [3.63, 3.8) is 0 Å². The Morgan fingerprint density at radius 1 is 1.20 bits per heavy atom. The summed E-state index contributed by atoms with van der Waals surface area (Å²) in [5, 5.41) is 7.06. The number of thiophene rings is 1. The van der Waals surface area contributed by atoms with Crippen LogP contribution in [0.1, 0.15) is 4.88 Å². The van der Waals surface area contributed by atoms with Gasteiger partial charge in [0.2, 0.25) is 0 Å². The number of amides is 3. The van der Waals surface area contributed by atoms with E-state index in [1.807, 2.05) is 35.8 Å². The van der Waals surface area contributed by atoms with Gasteiger partial charge in [0.25, 0.3) is 11.7 Å². The van der Waals surface area contributed by atoms with Gasteiger partial charge in [-0.25, -0.2) is 9.78 Å². The van der Waals surface area contributed by atoms with E-state index in [1.54, 1.807) is 11.3 Å². The number of pyridine rings is 1. The summed E-state index contributed by atoms with van der Waals surface area (Å²) in [5.41, 5.74) is 0. The number of hydrogen-bond donors (Lipinski definition) is 3. The first-order chi connectivity index (χ1) is 12.2. The summed E-state index contributed by atoms with van der Waals surface area (Å²) < 4.78 is 0. The zero-order chi connectivity index (χ0) is 17.5. The largest absolute Gasteiger partial charge is 0.333 e. The van der Waals surface area contributed by atoms with Gasteiger partial charge in [0.05, 0.1) is 12.7 Å². The van der Waals surface area contributed by atoms with E-state index in [0.29, 0.717) is 13.1 Å². The lowest BCUT2D eigenvalue weighted by Gasteiger charge is -2.27. The van der Waals surface area contributed by atoms with Crippen LogP contribution in [0.25, 0.3) is 0 Å². The van der Waals surface area contributed by atoms with Gasteiger partial charge in [-0.2, -0.15) is 0 Å². The number of H-pyrrole nitrogens is 1. The zero-order valence-electron chi connectivity index (χ0n) is 14.0. The molecule has 25 heavy (non-hydrogen) atoms. The van der Waals surface area contributed by atoms with Crippen molar-refractivity contribution in [1.82, 2.24) is 10.6 Å². The summed E-state index contributed by atoms with van der Waals surface area (Å²) in [6.45, 7) is 4.26. The van der Waals surface area contributed by atoms with Gasteiger partial charge in [-0.15, -0.1) is 11.3 Å². The summed E-state index contributed by atoms with van der Waals surface area (Å²) in [5.74, 6) is 0.859. The Kier molecular flexibility index (Phi) is 5.97. The number of carbonyl (C=O) groups excluding carboxylic acids is 2. The van der Waals surface area contributed by atoms with E-state index in [9.17, 15) is 9.59 Å². The van der Waals surface area contributed by atoms with Crippen LogP contribution >= 0.6 is 11.3 Å². The van der Waals surface area contributed by atoms with Crippen LogP contribution in [0.2, 0.25) is 0 Å². The quantitative estimate of drug-likeness (QED) is 0.658. The van der Waals surface area contributed by atoms with Gasteiger partial charge in [0.15, 0.2) is 6.54 Å². The zero-order valence-corrected chi connectivity index (χ0v) is 14.8. The first-order valence-electron chi connectivity index (χ1n) is 8.36. The first kappa shape index (κ1) is 17.4. The summed E-state index contributed by atoms with van der Waals surface area (Å²) in [6.07, 6.45) is 1.91. The molecule has 2 aromatic heterocycles. The van der Waals surface area contributed by atoms with Crippen LogP contribution in [0.15, 0.2) is 41.9 Å². The fourth-order valence-electron chi connectivity index (χ4n) is 2.84. The molecule has 2 aromatic rings. The van der Waals surface area contributed by atoms with E-state index in [0.717, 1.165) is 36.9 Å². The Morgan fingerprint density at radius 3 is 2.72 bits per heavy atom. The number of urea groups is 1. The van der Waals surface area contributed by atoms with Crippen LogP contribution in [-0.2, 0) is 11.3 Å². The molecule has 1 aliphatic rings. The number of nitrogens with one attached hydrogen (secondary N) is 4. The minimum absolute atomic E-state index is 0.238. The maximum absolute atomic E-state index is 12.0. The molecule has 1 fully saturated rings. The van der Waals surface area contributed by atoms with E-state index in [1.165, 1.54) is 4.90 Å². The Morgan fingerprint density at radius 2 is 2.04 bits per heavy atom. The lowest BCUT2D eigenvalue weighted by molar-refractivity contribution is -0.892. The van der Waals surface area contributed by atoms with E-state index < -0.39 is 6.03 Å². The normalized spacial score (nSPS) is 15.0. The molecule has 0 saturated carbocycles. The minimum atomic E-state index is -0.435. The number of anilines is 1. The number of rotatable bonds is 5. The third-order valence-electron chi connectivity index (χ3n) is 4.17. The summed E-state index contributed by atoms with van der Waals surface area (Å²) in [4.78, 5) is 31.5. The van der Waals surface area contributed by atoms with Gasteiger partial charge < -0.3 is 10.2 Å². The highest BCUT2D eigenvalue weighted by atomic mass is 32.1. The molecule has 0 aromatic carbocycles. The minimum Gasteiger partial charge on any atom is -0.333 e. The highest BCUT2D eigenvalue weighted by molar-refractivity contribution is 7.09. The number of carbonyl (C=O) groups is 2. The van der Waals surface area contributed by atoms with Crippen LogP contribution in [0.5, 0.6) is 0 Å². The second-order valence-corrected chi connectivity index (χ2v) is 7.00. The van der Waals surface area contributed by atoms with Gasteiger partial charge >= 0.3 is 6.03 Å². The average molecular weight is 361 g/mol. The molecule has 7 nitrogen and oxygen atoms in total. The third kappa shape index (κ3) is 5.27. The Balaban J connectivity index is 1.36. The fourth-order valence-corrected chi connectivity index (χ4v) is 3.49. The average Bonchev–Trinajstić information content (AvgIpc) is 3.15. The monoisotopic (exact) mass is 361 g/mol. The van der Waals surface area contributed by atoms with Crippen molar-refractivity contribution >= 4 is 29.1 Å². The molecule has 0 aliphatic carbocycles. The van der Waals surface area contributed by atoms with E-state index in [4.69, 9.17) is 0 Å². The smallest absolute Gasteiger partial charge is 0.321 e. The lowest BCUT2D eigenvalue weighted by atomic mass is 10.3. The Bertz CT molecular complexity index is 684. The second-order valence-electron chi connectivity index (χ2n) is 5.97. The molecular weight excluding hydrogens is 338 g/mol. The van der Waals surface area contributed by atoms with Crippen LogP contribution < -0.4 is 25.4 Å². The maximum Gasteiger partial charge on any atom is 0.321 e. The molecule has 0 spiro atoms. The topological polar surface area (TPSA) is 80.0 Å². The lowest BCUT2D eigenvalue weighted by Crippen LogP contribution is -3.16. The van der Waals surface area contributed by atoms with Crippen LogP contribution in [0.3, 0.4) is 0 Å². The molecule has 0 bridgehead atoms. The SMILES string of the molecule is O=C(C[NH+]1CCN(c2cccc[nH+]2)CC1)NC(=O)NCc1cccs1. The van der Waals surface area contributed by atoms with Gasteiger partial charge in [0, 0.05) is 10.9 Å². The van der Waals surface area contributed by atoms with E-state index in [-0.39, 0.29) is 5.91 Å². The van der Waals surface area contributed by atoms with Crippen molar-refractivity contribution in [2.24, 2.45) is 0 Å². The standard InChI is InChI=1S/C17H21N5O2S/c23-16(20-17(24)19-12-14-4-3-11-25-14)13-21-7-9-22(10-8-21)15-5-1-2-6-18-15/h1-6,11H,7-10,12-13H2,(H2,19,20,23,24)/p+2. The van der Waals surface area contributed by atoms with Crippen molar-refractivity contribution in [3.05, 3.63) is 46.8 Å². The number of aromatic amines is 1. The maximum atomic E-state index is 12.0.